The van der Waals surface area contributed by atoms with Gasteiger partial charge in [0.2, 0.25) is 0 Å². The zero-order chi connectivity index (χ0) is 12.6. The summed E-state index contributed by atoms with van der Waals surface area (Å²) in [6.07, 6.45) is 1.80. The Kier molecular flexibility index (Phi) is 2.74. The fourth-order valence-corrected chi connectivity index (χ4v) is 2.78. The molecule has 18 heavy (non-hydrogen) atoms. The minimum atomic E-state index is -0.320. The Balaban J connectivity index is 1.84. The van der Waals surface area contributed by atoms with Gasteiger partial charge in [-0.05, 0) is 44.0 Å². The molecule has 3 rings (SSSR count). The van der Waals surface area contributed by atoms with E-state index in [2.05, 4.69) is 5.32 Å². The third kappa shape index (κ3) is 1.97. The van der Waals surface area contributed by atoms with Crippen LogP contribution in [0.2, 0.25) is 0 Å². The molecule has 0 aliphatic carbocycles. The number of carbonyl (C=O) groups excluding carboxylic acids is 1. The molecule has 2 saturated heterocycles. The van der Waals surface area contributed by atoms with Crippen molar-refractivity contribution in [2.75, 3.05) is 24.5 Å². The number of amides is 1. The second-order valence-electron chi connectivity index (χ2n) is 5.26. The predicted molar refractivity (Wildman–Crippen MR) is 69.8 cm³/mol. The summed E-state index contributed by atoms with van der Waals surface area (Å²) in [5.74, 6) is 0. The number of nitrogens with one attached hydrogen (secondary N) is 1. The molecule has 2 aliphatic rings. The van der Waals surface area contributed by atoms with Crippen LogP contribution in [0.5, 0.6) is 0 Å². The number of carbonyl (C=O) groups is 1. The molecular formula is C14H18N2O2. The van der Waals surface area contributed by atoms with Gasteiger partial charge < -0.3 is 10.1 Å². The van der Waals surface area contributed by atoms with Crippen molar-refractivity contribution >= 4 is 11.8 Å². The Morgan fingerprint density at radius 3 is 3.06 bits per heavy atom. The van der Waals surface area contributed by atoms with Crippen LogP contribution in [-0.4, -0.2) is 31.3 Å². The third-order valence-electron chi connectivity index (χ3n) is 3.72. The van der Waals surface area contributed by atoms with Crippen molar-refractivity contribution in [3.05, 3.63) is 29.8 Å². The van der Waals surface area contributed by atoms with Crippen molar-refractivity contribution in [2.45, 2.75) is 25.4 Å². The smallest absolute Gasteiger partial charge is 0.415 e. The summed E-state index contributed by atoms with van der Waals surface area (Å²) in [4.78, 5) is 13.8. The Morgan fingerprint density at radius 1 is 1.44 bits per heavy atom. The topological polar surface area (TPSA) is 41.6 Å². The van der Waals surface area contributed by atoms with Gasteiger partial charge in [0.25, 0.3) is 0 Å². The summed E-state index contributed by atoms with van der Waals surface area (Å²) in [6, 6.07) is 7.99. The molecule has 0 radical (unpaired) electrons. The highest BCUT2D eigenvalue weighted by Crippen LogP contribution is 2.32. The fraction of sp³-hybridized carbons (Fsp3) is 0.500. The number of nitrogens with zero attached hydrogens (tertiary/aromatic N) is 1. The van der Waals surface area contributed by atoms with Crippen LogP contribution in [0, 0.1) is 6.92 Å². The lowest BCUT2D eigenvalue weighted by atomic mass is 9.94. The Hall–Kier alpha value is -1.55. The molecule has 0 saturated carbocycles. The van der Waals surface area contributed by atoms with Gasteiger partial charge >= 0.3 is 6.09 Å². The first-order valence-corrected chi connectivity index (χ1v) is 6.46. The van der Waals surface area contributed by atoms with Crippen LogP contribution in [0.3, 0.4) is 0 Å². The Labute approximate surface area is 107 Å². The number of piperidine rings is 1. The molecule has 1 N–H and O–H groups in total. The molecule has 4 nitrogen and oxygen atoms in total. The monoisotopic (exact) mass is 246 g/mol. The van der Waals surface area contributed by atoms with Crippen LogP contribution in [0.15, 0.2) is 24.3 Å². The lowest BCUT2D eigenvalue weighted by Gasteiger charge is -2.31. The summed E-state index contributed by atoms with van der Waals surface area (Å²) < 4.78 is 5.62. The largest absolute Gasteiger partial charge is 0.439 e. The van der Waals surface area contributed by atoms with Gasteiger partial charge in [0, 0.05) is 12.2 Å². The minimum absolute atomic E-state index is 0.218. The molecule has 2 aliphatic heterocycles. The molecule has 1 unspecified atom stereocenters. The highest BCUT2D eigenvalue weighted by molar-refractivity contribution is 5.90. The molecule has 2 heterocycles. The van der Waals surface area contributed by atoms with Gasteiger partial charge in [-0.15, -0.1) is 0 Å². The standard InChI is InChI=1S/C14H18N2O2/c1-11-4-2-5-12(8-11)16-10-14(18-13(16)17)6-3-7-15-9-14/h2,4-5,8,15H,3,6-7,9-10H2,1H3. The van der Waals surface area contributed by atoms with Crippen LogP contribution in [0.1, 0.15) is 18.4 Å². The number of anilines is 1. The van der Waals surface area contributed by atoms with E-state index < -0.39 is 0 Å². The van der Waals surface area contributed by atoms with Gasteiger partial charge in [0.1, 0.15) is 5.60 Å². The summed E-state index contributed by atoms with van der Waals surface area (Å²) in [5, 5.41) is 3.32. The molecule has 96 valence electrons. The maximum absolute atomic E-state index is 12.0. The van der Waals surface area contributed by atoms with Crippen molar-refractivity contribution in [1.82, 2.24) is 5.32 Å². The number of hydrogen-bond acceptors (Lipinski definition) is 3. The fourth-order valence-electron chi connectivity index (χ4n) is 2.78. The quantitative estimate of drug-likeness (QED) is 0.824. The van der Waals surface area contributed by atoms with Gasteiger partial charge in [-0.25, -0.2) is 4.79 Å². The second-order valence-corrected chi connectivity index (χ2v) is 5.26. The third-order valence-corrected chi connectivity index (χ3v) is 3.72. The molecule has 1 aromatic rings. The molecule has 4 heteroatoms. The number of hydrogen-bond donors (Lipinski definition) is 1. The van der Waals surface area contributed by atoms with Gasteiger partial charge in [-0.1, -0.05) is 12.1 Å². The molecule has 1 spiro atoms. The lowest BCUT2D eigenvalue weighted by molar-refractivity contribution is 0.0366. The van der Waals surface area contributed by atoms with Crippen LogP contribution >= 0.6 is 0 Å². The average molecular weight is 246 g/mol. The van der Waals surface area contributed by atoms with Gasteiger partial charge in [0.15, 0.2) is 0 Å². The highest BCUT2D eigenvalue weighted by atomic mass is 16.6. The summed E-state index contributed by atoms with van der Waals surface area (Å²) in [6.45, 7) is 4.47. The molecule has 0 bridgehead atoms. The van der Waals surface area contributed by atoms with E-state index in [-0.39, 0.29) is 11.7 Å². The van der Waals surface area contributed by atoms with E-state index >= 15 is 0 Å². The number of ether oxygens (including phenoxy) is 1. The first-order chi connectivity index (χ1) is 8.69. The van der Waals surface area contributed by atoms with E-state index in [0.29, 0.717) is 6.54 Å². The van der Waals surface area contributed by atoms with E-state index in [1.807, 2.05) is 31.2 Å². The SMILES string of the molecule is Cc1cccc(N2CC3(CCCNC3)OC2=O)c1. The Bertz CT molecular complexity index is 467. The normalized spacial score (nSPS) is 27.6. The first-order valence-electron chi connectivity index (χ1n) is 6.46. The summed E-state index contributed by atoms with van der Waals surface area (Å²) >= 11 is 0. The van der Waals surface area contributed by atoms with E-state index in [1.54, 1.807) is 4.90 Å². The number of aryl methyl sites for hydroxylation is 1. The maximum Gasteiger partial charge on any atom is 0.415 e. The van der Waals surface area contributed by atoms with Crippen molar-refractivity contribution < 1.29 is 9.53 Å². The van der Waals surface area contributed by atoms with E-state index in [4.69, 9.17) is 4.74 Å². The van der Waals surface area contributed by atoms with Crippen LogP contribution in [0.25, 0.3) is 0 Å². The summed E-state index contributed by atoms with van der Waals surface area (Å²) in [5.41, 5.74) is 1.77. The zero-order valence-corrected chi connectivity index (χ0v) is 10.6. The van der Waals surface area contributed by atoms with Crippen molar-refractivity contribution in [3.8, 4) is 0 Å². The van der Waals surface area contributed by atoms with Gasteiger partial charge in [-0.3, -0.25) is 4.90 Å². The summed E-state index contributed by atoms with van der Waals surface area (Å²) in [7, 11) is 0. The lowest BCUT2D eigenvalue weighted by Crippen LogP contribution is -2.48. The molecule has 1 aromatic carbocycles. The van der Waals surface area contributed by atoms with Crippen molar-refractivity contribution in [2.24, 2.45) is 0 Å². The molecule has 1 atom stereocenters. The molecule has 0 aromatic heterocycles. The molecule has 2 fully saturated rings. The minimum Gasteiger partial charge on any atom is -0.439 e. The Morgan fingerprint density at radius 2 is 2.33 bits per heavy atom. The van der Waals surface area contributed by atoms with E-state index in [1.165, 1.54) is 0 Å². The second kappa shape index (κ2) is 4.28. The van der Waals surface area contributed by atoms with Crippen molar-refractivity contribution in [3.63, 3.8) is 0 Å². The van der Waals surface area contributed by atoms with Crippen LogP contribution in [0.4, 0.5) is 10.5 Å². The van der Waals surface area contributed by atoms with Gasteiger partial charge in [-0.2, -0.15) is 0 Å². The first kappa shape index (κ1) is 11.5. The average Bonchev–Trinajstić information content (AvgIpc) is 2.67. The molecular weight excluding hydrogens is 228 g/mol. The van der Waals surface area contributed by atoms with Crippen LogP contribution < -0.4 is 10.2 Å². The molecule has 1 amide bonds. The number of benzene rings is 1. The predicted octanol–water partition coefficient (Wildman–Crippen LogP) is 2.07. The highest BCUT2D eigenvalue weighted by Gasteiger charge is 2.46. The van der Waals surface area contributed by atoms with Crippen LogP contribution in [-0.2, 0) is 4.74 Å². The zero-order valence-electron chi connectivity index (χ0n) is 10.6. The van der Waals surface area contributed by atoms with Gasteiger partial charge in [0.05, 0.1) is 6.54 Å². The van der Waals surface area contributed by atoms with E-state index in [9.17, 15) is 4.79 Å². The number of rotatable bonds is 1. The van der Waals surface area contributed by atoms with E-state index in [0.717, 1.165) is 37.2 Å². The maximum atomic E-state index is 12.0. The van der Waals surface area contributed by atoms with Crippen molar-refractivity contribution in [1.29, 1.82) is 0 Å².